The quantitative estimate of drug-likeness (QED) is 0.311. The van der Waals surface area contributed by atoms with Crippen LogP contribution in [0.1, 0.15) is 22.5 Å². The van der Waals surface area contributed by atoms with Crippen LogP contribution in [-0.2, 0) is 6.61 Å². The molecular weight excluding hydrogens is 402 g/mol. The third-order valence-corrected chi connectivity index (χ3v) is 5.68. The van der Waals surface area contributed by atoms with E-state index >= 15 is 0 Å². The standard InChI is InChI=1S/C26H25N3OS/c1-20-10-14-23(15-11-20)29-25(19-30-24-16-12-21(2)13-17-24)27-28-26(29)31-18-6-9-22-7-4-3-5-8-22/h3-17H,18-19H2,1-2H3. The van der Waals surface area contributed by atoms with Crippen LogP contribution in [0.4, 0.5) is 0 Å². The zero-order chi connectivity index (χ0) is 21.5. The Morgan fingerprint density at radius 1 is 0.839 bits per heavy atom. The number of ether oxygens (including phenoxy) is 1. The van der Waals surface area contributed by atoms with Gasteiger partial charge in [0.2, 0.25) is 0 Å². The van der Waals surface area contributed by atoms with Gasteiger partial charge in [0.1, 0.15) is 12.4 Å². The Morgan fingerprint density at radius 3 is 2.23 bits per heavy atom. The maximum atomic E-state index is 5.98. The monoisotopic (exact) mass is 427 g/mol. The van der Waals surface area contributed by atoms with Gasteiger partial charge in [-0.1, -0.05) is 89.6 Å². The molecule has 0 radical (unpaired) electrons. The van der Waals surface area contributed by atoms with Crippen molar-refractivity contribution in [3.63, 3.8) is 0 Å². The molecule has 0 spiro atoms. The minimum Gasteiger partial charge on any atom is -0.486 e. The van der Waals surface area contributed by atoms with Crippen molar-refractivity contribution in [3.8, 4) is 11.4 Å². The van der Waals surface area contributed by atoms with Crippen LogP contribution in [0.15, 0.2) is 90.1 Å². The Labute approximate surface area is 187 Å². The van der Waals surface area contributed by atoms with Crippen LogP contribution in [0.5, 0.6) is 5.75 Å². The fraction of sp³-hybridized carbons (Fsp3) is 0.154. The summed E-state index contributed by atoms with van der Waals surface area (Å²) in [5.41, 5.74) is 4.65. The highest BCUT2D eigenvalue weighted by molar-refractivity contribution is 7.99. The van der Waals surface area contributed by atoms with E-state index in [1.807, 2.05) is 42.5 Å². The van der Waals surface area contributed by atoms with Gasteiger partial charge in [-0.25, -0.2) is 0 Å². The normalized spacial score (nSPS) is 11.2. The molecule has 3 aromatic carbocycles. The number of hydrogen-bond acceptors (Lipinski definition) is 4. The molecule has 0 aliphatic carbocycles. The molecule has 4 nitrogen and oxygen atoms in total. The van der Waals surface area contributed by atoms with Gasteiger partial charge in [-0.05, 0) is 43.7 Å². The van der Waals surface area contributed by atoms with Crippen molar-refractivity contribution in [2.24, 2.45) is 0 Å². The first-order chi connectivity index (χ1) is 15.2. The van der Waals surface area contributed by atoms with Gasteiger partial charge in [0.15, 0.2) is 11.0 Å². The van der Waals surface area contributed by atoms with Gasteiger partial charge in [0, 0.05) is 11.4 Å². The average molecular weight is 428 g/mol. The van der Waals surface area contributed by atoms with Gasteiger partial charge in [-0.2, -0.15) is 0 Å². The molecule has 0 saturated heterocycles. The summed E-state index contributed by atoms with van der Waals surface area (Å²) in [4.78, 5) is 0. The predicted octanol–water partition coefficient (Wildman–Crippen LogP) is 6.27. The summed E-state index contributed by atoms with van der Waals surface area (Å²) in [5.74, 6) is 2.40. The molecule has 0 aliphatic rings. The fourth-order valence-corrected chi connectivity index (χ4v) is 3.87. The summed E-state index contributed by atoms with van der Waals surface area (Å²) < 4.78 is 8.06. The van der Waals surface area contributed by atoms with Crippen molar-refractivity contribution in [1.82, 2.24) is 14.8 Å². The Kier molecular flexibility index (Phi) is 6.85. The lowest BCUT2D eigenvalue weighted by Crippen LogP contribution is -2.06. The second-order valence-electron chi connectivity index (χ2n) is 7.30. The Morgan fingerprint density at radius 2 is 1.52 bits per heavy atom. The molecule has 1 heterocycles. The maximum absolute atomic E-state index is 5.98. The molecule has 0 aliphatic heterocycles. The first-order valence-electron chi connectivity index (χ1n) is 10.2. The van der Waals surface area contributed by atoms with E-state index in [1.165, 1.54) is 16.7 Å². The minimum atomic E-state index is 0.352. The molecule has 0 saturated carbocycles. The molecule has 156 valence electrons. The highest BCUT2D eigenvalue weighted by Gasteiger charge is 2.15. The molecular formula is C26H25N3OS. The number of thioether (sulfide) groups is 1. The Balaban J connectivity index is 1.52. The second-order valence-corrected chi connectivity index (χ2v) is 8.28. The van der Waals surface area contributed by atoms with Crippen LogP contribution < -0.4 is 4.74 Å². The third kappa shape index (κ3) is 5.64. The van der Waals surface area contributed by atoms with Crippen LogP contribution in [0, 0.1) is 13.8 Å². The molecule has 5 heteroatoms. The number of aryl methyl sites for hydroxylation is 2. The van der Waals surface area contributed by atoms with E-state index in [9.17, 15) is 0 Å². The summed E-state index contributed by atoms with van der Waals surface area (Å²) in [6.07, 6.45) is 4.28. The number of aromatic nitrogens is 3. The summed E-state index contributed by atoms with van der Waals surface area (Å²) in [7, 11) is 0. The van der Waals surface area contributed by atoms with Gasteiger partial charge < -0.3 is 4.74 Å². The second kappa shape index (κ2) is 10.1. The molecule has 4 rings (SSSR count). The number of hydrogen-bond donors (Lipinski definition) is 0. The molecule has 0 bridgehead atoms. The lowest BCUT2D eigenvalue weighted by atomic mass is 10.2. The third-order valence-electron chi connectivity index (χ3n) is 4.80. The van der Waals surface area contributed by atoms with Crippen molar-refractivity contribution < 1.29 is 4.74 Å². The first-order valence-corrected chi connectivity index (χ1v) is 11.2. The van der Waals surface area contributed by atoms with Crippen LogP contribution in [0.3, 0.4) is 0 Å². The molecule has 31 heavy (non-hydrogen) atoms. The highest BCUT2D eigenvalue weighted by atomic mass is 32.2. The molecule has 0 atom stereocenters. The summed E-state index contributed by atoms with van der Waals surface area (Å²) in [6, 6.07) is 26.7. The molecule has 1 aromatic heterocycles. The first kappa shape index (κ1) is 20.9. The van der Waals surface area contributed by atoms with E-state index in [0.717, 1.165) is 28.2 Å². The lowest BCUT2D eigenvalue weighted by molar-refractivity contribution is 0.293. The van der Waals surface area contributed by atoms with Crippen molar-refractivity contribution >= 4 is 17.8 Å². The maximum Gasteiger partial charge on any atom is 0.196 e. The van der Waals surface area contributed by atoms with Crippen molar-refractivity contribution in [2.45, 2.75) is 25.6 Å². The molecule has 0 unspecified atom stereocenters. The molecule has 0 N–H and O–H groups in total. The summed E-state index contributed by atoms with van der Waals surface area (Å²) in [5, 5.41) is 9.73. The highest BCUT2D eigenvalue weighted by Crippen LogP contribution is 2.24. The van der Waals surface area contributed by atoms with Gasteiger partial charge in [0.25, 0.3) is 0 Å². The van der Waals surface area contributed by atoms with Crippen LogP contribution >= 0.6 is 11.8 Å². The SMILES string of the molecule is Cc1ccc(OCc2nnc(SCC=Cc3ccccc3)n2-c2ccc(C)cc2)cc1. The van der Waals surface area contributed by atoms with Crippen molar-refractivity contribution in [3.05, 3.63) is 107 Å². The summed E-state index contributed by atoms with van der Waals surface area (Å²) >= 11 is 1.66. The smallest absolute Gasteiger partial charge is 0.196 e. The van der Waals surface area contributed by atoms with Crippen LogP contribution in [-0.4, -0.2) is 20.5 Å². The van der Waals surface area contributed by atoms with E-state index in [-0.39, 0.29) is 0 Å². The van der Waals surface area contributed by atoms with Gasteiger partial charge in [0.05, 0.1) is 0 Å². The van der Waals surface area contributed by atoms with Gasteiger partial charge in [-0.3, -0.25) is 4.57 Å². The van der Waals surface area contributed by atoms with Crippen LogP contribution in [0.25, 0.3) is 11.8 Å². The van der Waals surface area contributed by atoms with E-state index in [1.54, 1.807) is 11.8 Å². The number of benzene rings is 3. The molecule has 0 fully saturated rings. The average Bonchev–Trinajstić information content (AvgIpc) is 3.20. The van der Waals surface area contributed by atoms with E-state index in [0.29, 0.717) is 6.61 Å². The molecule has 4 aromatic rings. The minimum absolute atomic E-state index is 0.352. The fourth-order valence-electron chi connectivity index (χ4n) is 3.09. The molecule has 0 amide bonds. The van der Waals surface area contributed by atoms with Crippen molar-refractivity contribution in [1.29, 1.82) is 0 Å². The largest absolute Gasteiger partial charge is 0.486 e. The number of rotatable bonds is 8. The predicted molar refractivity (Wildman–Crippen MR) is 128 cm³/mol. The van der Waals surface area contributed by atoms with Gasteiger partial charge in [-0.15, -0.1) is 10.2 Å². The Hall–Kier alpha value is -3.31. The van der Waals surface area contributed by atoms with Crippen molar-refractivity contribution in [2.75, 3.05) is 5.75 Å². The Bertz CT molecular complexity index is 1130. The van der Waals surface area contributed by atoms with E-state index in [4.69, 9.17) is 4.74 Å². The lowest BCUT2D eigenvalue weighted by Gasteiger charge is -2.11. The topological polar surface area (TPSA) is 39.9 Å². The number of nitrogens with zero attached hydrogens (tertiary/aromatic N) is 3. The zero-order valence-electron chi connectivity index (χ0n) is 17.7. The zero-order valence-corrected chi connectivity index (χ0v) is 18.5. The summed E-state index contributed by atoms with van der Waals surface area (Å²) in [6.45, 7) is 4.50. The van der Waals surface area contributed by atoms with E-state index in [2.05, 4.69) is 77.2 Å². The van der Waals surface area contributed by atoms with E-state index < -0.39 is 0 Å². The van der Waals surface area contributed by atoms with Crippen LogP contribution in [0.2, 0.25) is 0 Å². The van der Waals surface area contributed by atoms with Gasteiger partial charge >= 0.3 is 0 Å².